The fourth-order valence-corrected chi connectivity index (χ4v) is 6.82. The van der Waals surface area contributed by atoms with E-state index in [4.69, 9.17) is 14.5 Å². The monoisotopic (exact) mass is 660 g/mol. The second-order valence-electron chi connectivity index (χ2n) is 14.0. The van der Waals surface area contributed by atoms with Crippen molar-refractivity contribution in [2.45, 2.75) is 83.9 Å². The van der Waals surface area contributed by atoms with Crippen molar-refractivity contribution in [3.05, 3.63) is 59.9 Å². The Labute approximate surface area is 284 Å². The number of imidazole rings is 1. The minimum Gasteiger partial charge on any atom is -0.444 e. The molecule has 11 heteroatoms. The molecule has 1 N–H and O–H groups in total. The normalized spacial score (nSPS) is 17.8. The van der Waals surface area contributed by atoms with Crippen LogP contribution in [0.25, 0.3) is 11.0 Å². The van der Waals surface area contributed by atoms with Gasteiger partial charge in [0.25, 0.3) is 0 Å². The van der Waals surface area contributed by atoms with Crippen LogP contribution in [0.15, 0.2) is 48.5 Å². The predicted molar refractivity (Wildman–Crippen MR) is 187 cm³/mol. The average Bonchev–Trinajstić information content (AvgIpc) is 3.43. The molecular formula is C37H52N6O5. The van der Waals surface area contributed by atoms with Gasteiger partial charge in [-0.05, 0) is 76.3 Å². The number of piperidine rings is 1. The fraction of sp³-hybridized carbons (Fsp3) is 0.568. The summed E-state index contributed by atoms with van der Waals surface area (Å²) in [6, 6.07) is 16.1. The maximum absolute atomic E-state index is 13.9. The number of carbonyl (C=O) groups is 3. The van der Waals surface area contributed by atoms with E-state index >= 15 is 0 Å². The van der Waals surface area contributed by atoms with Crippen molar-refractivity contribution in [3.8, 4) is 0 Å². The maximum Gasteiger partial charge on any atom is 0.407 e. The highest BCUT2D eigenvalue weighted by molar-refractivity contribution is 5.79. The molecular weight excluding hydrogens is 608 g/mol. The van der Waals surface area contributed by atoms with Crippen LogP contribution in [0.5, 0.6) is 0 Å². The molecule has 2 aliphatic rings. The molecule has 1 aromatic heterocycles. The van der Waals surface area contributed by atoms with Crippen LogP contribution in [0.3, 0.4) is 0 Å². The molecule has 2 fully saturated rings. The summed E-state index contributed by atoms with van der Waals surface area (Å²) in [6.45, 7) is 12.9. The van der Waals surface area contributed by atoms with E-state index in [-0.39, 0.29) is 24.2 Å². The van der Waals surface area contributed by atoms with Gasteiger partial charge in [-0.2, -0.15) is 0 Å². The number of likely N-dealkylation sites (tertiary alicyclic amines) is 1. The minimum absolute atomic E-state index is 0.0164. The zero-order valence-corrected chi connectivity index (χ0v) is 29.2. The molecule has 48 heavy (non-hydrogen) atoms. The van der Waals surface area contributed by atoms with E-state index in [9.17, 15) is 14.4 Å². The van der Waals surface area contributed by atoms with Crippen molar-refractivity contribution in [1.29, 1.82) is 0 Å². The third-order valence-electron chi connectivity index (χ3n) is 9.20. The second kappa shape index (κ2) is 15.9. The quantitative estimate of drug-likeness (QED) is 0.289. The van der Waals surface area contributed by atoms with Crippen LogP contribution in [0.1, 0.15) is 70.7 Å². The molecule has 0 saturated carbocycles. The van der Waals surface area contributed by atoms with Gasteiger partial charge in [-0.1, -0.05) is 24.3 Å². The van der Waals surface area contributed by atoms with Crippen molar-refractivity contribution >= 4 is 34.6 Å². The summed E-state index contributed by atoms with van der Waals surface area (Å²) in [5.41, 5.74) is 3.55. The molecule has 3 amide bonds. The number of alkyl carbamates (subject to hydrolysis) is 1. The number of anilines is 1. The van der Waals surface area contributed by atoms with Gasteiger partial charge in [0.05, 0.1) is 11.0 Å². The maximum atomic E-state index is 13.9. The largest absolute Gasteiger partial charge is 0.444 e. The zero-order valence-electron chi connectivity index (χ0n) is 29.2. The highest BCUT2D eigenvalue weighted by atomic mass is 16.6. The number of benzene rings is 2. The molecule has 11 nitrogen and oxygen atoms in total. The molecule has 0 radical (unpaired) electrons. The first-order valence-corrected chi connectivity index (χ1v) is 17.3. The fourth-order valence-electron chi connectivity index (χ4n) is 6.82. The third kappa shape index (κ3) is 9.27. The molecule has 0 spiro atoms. The Bertz CT molecular complexity index is 1540. The average molecular weight is 661 g/mol. The van der Waals surface area contributed by atoms with Gasteiger partial charge in [-0.3, -0.25) is 9.59 Å². The van der Waals surface area contributed by atoms with Crippen molar-refractivity contribution in [1.82, 2.24) is 24.7 Å². The molecule has 0 bridgehead atoms. The Kier molecular flexibility index (Phi) is 11.6. The summed E-state index contributed by atoms with van der Waals surface area (Å²) in [5.74, 6) is 1.28. The van der Waals surface area contributed by atoms with Gasteiger partial charge in [-0.25, -0.2) is 9.78 Å². The summed E-state index contributed by atoms with van der Waals surface area (Å²) in [4.78, 5) is 49.7. The number of piperazine rings is 1. The smallest absolute Gasteiger partial charge is 0.407 e. The van der Waals surface area contributed by atoms with Gasteiger partial charge in [0.2, 0.25) is 11.8 Å². The van der Waals surface area contributed by atoms with Crippen molar-refractivity contribution in [3.63, 3.8) is 0 Å². The third-order valence-corrected chi connectivity index (χ3v) is 9.20. The number of carbonyl (C=O) groups excluding carboxylic acids is 3. The highest BCUT2D eigenvalue weighted by Gasteiger charge is 2.31. The lowest BCUT2D eigenvalue weighted by Crippen LogP contribution is -2.48. The molecule has 2 unspecified atom stereocenters. The molecule has 2 saturated heterocycles. The lowest BCUT2D eigenvalue weighted by atomic mass is 9.95. The number of nitrogens with zero attached hydrogens (tertiary/aromatic N) is 5. The van der Waals surface area contributed by atoms with Gasteiger partial charge in [-0.15, -0.1) is 0 Å². The molecule has 3 aromatic rings. The Morgan fingerprint density at radius 3 is 2.40 bits per heavy atom. The van der Waals surface area contributed by atoms with Gasteiger partial charge < -0.3 is 34.1 Å². The van der Waals surface area contributed by atoms with Gasteiger partial charge >= 0.3 is 6.09 Å². The van der Waals surface area contributed by atoms with Crippen LogP contribution in [-0.4, -0.2) is 102 Å². The van der Waals surface area contributed by atoms with Crippen LogP contribution >= 0.6 is 0 Å². The minimum atomic E-state index is -0.651. The SMILES string of the molecule is COCCCn1c(C2CCCN(C(=O)CC(Cc3ccc(N4CCN(C(C)=O)CC4)cc3)NC(=O)OC(C)(C)C)C2)nc2ccccc21. The number of amides is 3. The molecule has 2 aromatic carbocycles. The summed E-state index contributed by atoms with van der Waals surface area (Å²) in [7, 11) is 1.72. The van der Waals surface area contributed by atoms with Gasteiger partial charge in [0.1, 0.15) is 11.4 Å². The van der Waals surface area contributed by atoms with Crippen LogP contribution in [0.4, 0.5) is 10.5 Å². The van der Waals surface area contributed by atoms with E-state index in [0.29, 0.717) is 39.2 Å². The van der Waals surface area contributed by atoms with E-state index in [2.05, 4.69) is 45.1 Å². The molecule has 2 atom stereocenters. The Balaban J connectivity index is 1.27. The number of aromatic nitrogens is 2. The number of hydrogen-bond donors (Lipinski definition) is 1. The number of para-hydroxylation sites is 2. The predicted octanol–water partition coefficient (Wildman–Crippen LogP) is 4.97. The topological polar surface area (TPSA) is 109 Å². The number of hydrogen-bond acceptors (Lipinski definition) is 7. The molecule has 3 heterocycles. The lowest BCUT2D eigenvalue weighted by molar-refractivity contribution is -0.133. The van der Waals surface area contributed by atoms with Gasteiger partial charge in [0, 0.05) is 90.5 Å². The van der Waals surface area contributed by atoms with E-state index < -0.39 is 17.7 Å². The summed E-state index contributed by atoms with van der Waals surface area (Å²) in [5, 5.41) is 3.00. The molecule has 5 rings (SSSR count). The molecule has 260 valence electrons. The number of nitrogens with one attached hydrogen (secondary N) is 1. The Morgan fingerprint density at radius 2 is 1.71 bits per heavy atom. The number of aryl methyl sites for hydroxylation is 1. The number of methoxy groups -OCH3 is 1. The van der Waals surface area contributed by atoms with Crippen molar-refractivity contribution < 1.29 is 23.9 Å². The van der Waals surface area contributed by atoms with Crippen LogP contribution in [0.2, 0.25) is 0 Å². The Morgan fingerprint density at radius 1 is 0.979 bits per heavy atom. The van der Waals surface area contributed by atoms with E-state index in [0.717, 1.165) is 67.0 Å². The molecule has 2 aliphatic heterocycles. The van der Waals surface area contributed by atoms with Crippen molar-refractivity contribution in [2.75, 3.05) is 57.9 Å². The number of fused-ring (bicyclic) bond motifs is 1. The highest BCUT2D eigenvalue weighted by Crippen LogP contribution is 2.30. The van der Waals surface area contributed by atoms with E-state index in [1.165, 1.54) is 0 Å². The second-order valence-corrected chi connectivity index (χ2v) is 14.0. The zero-order chi connectivity index (χ0) is 34.3. The number of rotatable bonds is 11. The molecule has 0 aliphatic carbocycles. The van der Waals surface area contributed by atoms with Gasteiger partial charge in [0.15, 0.2) is 0 Å². The van der Waals surface area contributed by atoms with Crippen molar-refractivity contribution in [2.24, 2.45) is 0 Å². The van der Waals surface area contributed by atoms with E-state index in [1.807, 2.05) is 48.8 Å². The standard InChI is InChI=1S/C37H52N6O5/c1-27(44)40-19-21-41(22-20-40)31-15-13-28(14-16-31)24-30(38-36(46)48-37(2,3)4)25-34(45)42-17-8-10-29(26-42)35-39-32-11-6-7-12-33(32)43(35)18-9-23-47-5/h6-7,11-16,29-30H,8-10,17-26H2,1-5H3,(H,38,46). The van der Waals surface area contributed by atoms with Crippen LogP contribution < -0.4 is 10.2 Å². The first-order valence-electron chi connectivity index (χ1n) is 17.3. The summed E-state index contributed by atoms with van der Waals surface area (Å²) < 4.78 is 13.2. The first kappa shape index (κ1) is 35.2. The first-order chi connectivity index (χ1) is 23.0. The number of ether oxygens (including phenoxy) is 2. The Hall–Kier alpha value is -4.12. The van der Waals surface area contributed by atoms with Crippen LogP contribution in [0, 0.1) is 0 Å². The summed E-state index contributed by atoms with van der Waals surface area (Å²) in [6.07, 6.45) is 2.88. The summed E-state index contributed by atoms with van der Waals surface area (Å²) >= 11 is 0. The lowest BCUT2D eigenvalue weighted by Gasteiger charge is -2.35. The van der Waals surface area contributed by atoms with Crippen LogP contribution in [-0.2, 0) is 32.0 Å². The van der Waals surface area contributed by atoms with E-state index in [1.54, 1.807) is 14.0 Å².